The zero-order valence-electron chi connectivity index (χ0n) is 10.4. The van der Waals surface area contributed by atoms with Crippen LogP contribution in [0.2, 0.25) is 0 Å². The van der Waals surface area contributed by atoms with Crippen LogP contribution in [0, 0.1) is 0 Å². The number of thiophene rings is 1. The number of halogens is 1. The Hall–Kier alpha value is -1.54. The first kappa shape index (κ1) is 13.9. The fraction of sp³-hybridized carbons (Fsp3) is 0.273. The van der Waals surface area contributed by atoms with Gasteiger partial charge in [0.05, 0.1) is 29.4 Å². The molecule has 2 aromatic heterocycles. The van der Waals surface area contributed by atoms with Gasteiger partial charge in [-0.1, -0.05) is 0 Å². The molecule has 0 radical (unpaired) electrons. The summed E-state index contributed by atoms with van der Waals surface area (Å²) in [5, 5.41) is 13.4. The van der Waals surface area contributed by atoms with Crippen LogP contribution in [0.4, 0.5) is 10.5 Å². The second-order valence-corrected chi connectivity index (χ2v) is 5.38. The number of urea groups is 1. The van der Waals surface area contributed by atoms with Crippen LogP contribution in [0.1, 0.15) is 5.56 Å². The molecule has 6 nitrogen and oxygen atoms in total. The number of anilines is 1. The summed E-state index contributed by atoms with van der Waals surface area (Å²) in [4.78, 5) is 11.7. The zero-order chi connectivity index (χ0) is 13.8. The summed E-state index contributed by atoms with van der Waals surface area (Å²) in [6.45, 7) is 0.352. The third kappa shape index (κ3) is 3.48. The zero-order valence-corrected chi connectivity index (χ0v) is 12.8. The van der Waals surface area contributed by atoms with Crippen molar-refractivity contribution in [3.63, 3.8) is 0 Å². The van der Waals surface area contributed by atoms with E-state index in [0.717, 1.165) is 15.7 Å². The quantitative estimate of drug-likeness (QED) is 0.895. The van der Waals surface area contributed by atoms with E-state index in [9.17, 15) is 4.79 Å². The van der Waals surface area contributed by atoms with Gasteiger partial charge in [-0.3, -0.25) is 4.68 Å². The molecule has 19 heavy (non-hydrogen) atoms. The molecule has 2 heterocycles. The molecule has 0 fully saturated rings. The number of carbonyl (C=O) groups excluding carboxylic acids is 1. The molecule has 0 aliphatic carbocycles. The summed E-state index contributed by atoms with van der Waals surface area (Å²) in [5.41, 5.74) is 1.57. The number of carbonyl (C=O) groups is 1. The molecule has 0 aliphatic heterocycles. The first-order valence-corrected chi connectivity index (χ1v) is 7.16. The fourth-order valence-electron chi connectivity index (χ4n) is 1.52. The maximum atomic E-state index is 11.7. The Kier molecular flexibility index (Phi) is 4.43. The van der Waals surface area contributed by atoms with E-state index in [0.29, 0.717) is 12.4 Å². The fourth-order valence-corrected chi connectivity index (χ4v) is 2.85. The maximum Gasteiger partial charge on any atom is 0.319 e. The van der Waals surface area contributed by atoms with Crippen LogP contribution < -0.4 is 15.4 Å². The number of amides is 2. The molecule has 2 N–H and O–H groups in total. The van der Waals surface area contributed by atoms with Gasteiger partial charge in [-0.2, -0.15) is 0 Å². The lowest BCUT2D eigenvalue weighted by Crippen LogP contribution is -2.28. The molecule has 0 aliphatic rings. The molecule has 0 saturated heterocycles. The van der Waals surface area contributed by atoms with Crippen LogP contribution in [-0.2, 0) is 13.6 Å². The van der Waals surface area contributed by atoms with Gasteiger partial charge in [0.2, 0.25) is 5.88 Å². The Morgan fingerprint density at radius 3 is 3.00 bits per heavy atom. The van der Waals surface area contributed by atoms with Gasteiger partial charge >= 0.3 is 6.03 Å². The van der Waals surface area contributed by atoms with Crippen LogP contribution in [0.5, 0.6) is 5.88 Å². The van der Waals surface area contributed by atoms with Crippen molar-refractivity contribution in [2.24, 2.45) is 7.05 Å². The molecule has 102 valence electrons. The Balaban J connectivity index is 1.91. The highest BCUT2D eigenvalue weighted by Crippen LogP contribution is 2.26. The molecule has 0 unspecified atom stereocenters. The van der Waals surface area contributed by atoms with Gasteiger partial charge in [0.15, 0.2) is 0 Å². The molecule has 0 atom stereocenters. The molecule has 0 saturated carbocycles. The predicted octanol–water partition coefficient (Wildman–Crippen LogP) is 2.57. The Morgan fingerprint density at radius 1 is 1.58 bits per heavy atom. The summed E-state index contributed by atoms with van der Waals surface area (Å²) in [5.74, 6) is 0.513. The van der Waals surface area contributed by atoms with E-state index in [4.69, 9.17) is 4.74 Å². The van der Waals surface area contributed by atoms with Crippen molar-refractivity contribution in [2.45, 2.75) is 6.54 Å². The van der Waals surface area contributed by atoms with E-state index in [1.165, 1.54) is 11.3 Å². The van der Waals surface area contributed by atoms with Crippen LogP contribution in [-0.4, -0.2) is 22.9 Å². The van der Waals surface area contributed by atoms with Crippen LogP contribution in [0.25, 0.3) is 0 Å². The summed E-state index contributed by atoms with van der Waals surface area (Å²) >= 11 is 4.86. The number of aryl methyl sites for hydroxylation is 1. The van der Waals surface area contributed by atoms with Crippen molar-refractivity contribution in [3.05, 3.63) is 27.0 Å². The van der Waals surface area contributed by atoms with Crippen molar-refractivity contribution in [3.8, 4) is 5.88 Å². The smallest absolute Gasteiger partial charge is 0.319 e. The van der Waals surface area contributed by atoms with Gasteiger partial charge in [0.1, 0.15) is 0 Å². The second-order valence-electron chi connectivity index (χ2n) is 3.78. The third-order valence-corrected chi connectivity index (χ3v) is 4.06. The topological polar surface area (TPSA) is 68.2 Å². The number of methoxy groups -OCH3 is 1. The molecular formula is C11H13BrN4O2S. The minimum Gasteiger partial charge on any atom is -0.480 e. The normalized spacial score (nSPS) is 10.3. The molecule has 2 aromatic rings. The van der Waals surface area contributed by atoms with Gasteiger partial charge in [-0.25, -0.2) is 4.79 Å². The number of rotatable bonds is 4. The maximum absolute atomic E-state index is 11.7. The largest absolute Gasteiger partial charge is 0.480 e. The minimum atomic E-state index is -0.273. The molecule has 8 heteroatoms. The number of hydrogen-bond donors (Lipinski definition) is 2. The van der Waals surface area contributed by atoms with Gasteiger partial charge in [-0.05, 0) is 15.9 Å². The number of ether oxygens (including phenoxy) is 1. The van der Waals surface area contributed by atoms with Gasteiger partial charge in [0.25, 0.3) is 0 Å². The SMILES string of the molecule is COc1nn(C)cc1CNC(=O)Nc1cscc1Br. The van der Waals surface area contributed by atoms with Crippen molar-refractivity contribution in [2.75, 3.05) is 12.4 Å². The molecule has 0 spiro atoms. The molecular weight excluding hydrogens is 332 g/mol. The Bertz CT molecular complexity index is 581. The summed E-state index contributed by atoms with van der Waals surface area (Å²) in [6, 6.07) is -0.273. The third-order valence-electron chi connectivity index (χ3n) is 2.36. The molecule has 0 aromatic carbocycles. The van der Waals surface area contributed by atoms with Crippen molar-refractivity contribution < 1.29 is 9.53 Å². The lowest BCUT2D eigenvalue weighted by Gasteiger charge is -2.06. The predicted molar refractivity (Wildman–Crippen MR) is 77.6 cm³/mol. The lowest BCUT2D eigenvalue weighted by molar-refractivity contribution is 0.251. The van der Waals surface area contributed by atoms with Gasteiger partial charge in [0, 0.05) is 24.0 Å². The highest BCUT2D eigenvalue weighted by molar-refractivity contribution is 9.10. The molecule has 0 bridgehead atoms. The molecule has 2 rings (SSSR count). The van der Waals surface area contributed by atoms with E-state index in [2.05, 4.69) is 31.7 Å². The Morgan fingerprint density at radius 2 is 2.37 bits per heavy atom. The summed E-state index contributed by atoms with van der Waals surface area (Å²) in [7, 11) is 3.35. The lowest BCUT2D eigenvalue weighted by atomic mass is 10.3. The number of nitrogens with zero attached hydrogens (tertiary/aromatic N) is 2. The number of aromatic nitrogens is 2. The Labute approximate surface area is 122 Å². The highest BCUT2D eigenvalue weighted by Gasteiger charge is 2.10. The van der Waals surface area contributed by atoms with E-state index in [-0.39, 0.29) is 6.03 Å². The summed E-state index contributed by atoms with van der Waals surface area (Å²) in [6.07, 6.45) is 1.81. The molecule has 2 amide bonds. The van der Waals surface area contributed by atoms with E-state index < -0.39 is 0 Å². The average molecular weight is 345 g/mol. The standard InChI is InChI=1S/C11H13BrN4O2S/c1-16-4-7(10(15-16)18-2)3-13-11(17)14-9-6-19-5-8(9)12/h4-6H,3H2,1-2H3,(H2,13,14,17). The van der Waals surface area contributed by atoms with Crippen LogP contribution in [0.15, 0.2) is 21.4 Å². The van der Waals surface area contributed by atoms with Gasteiger partial charge in [-0.15, -0.1) is 16.4 Å². The first-order chi connectivity index (χ1) is 9.10. The number of nitrogens with one attached hydrogen (secondary N) is 2. The first-order valence-electron chi connectivity index (χ1n) is 5.43. The van der Waals surface area contributed by atoms with Crippen molar-refractivity contribution in [1.82, 2.24) is 15.1 Å². The van der Waals surface area contributed by atoms with Crippen molar-refractivity contribution in [1.29, 1.82) is 0 Å². The second kappa shape index (κ2) is 6.07. The highest BCUT2D eigenvalue weighted by atomic mass is 79.9. The van der Waals surface area contributed by atoms with E-state index in [1.807, 2.05) is 10.8 Å². The van der Waals surface area contributed by atoms with E-state index in [1.54, 1.807) is 25.0 Å². The van der Waals surface area contributed by atoms with E-state index >= 15 is 0 Å². The summed E-state index contributed by atoms with van der Waals surface area (Å²) < 4.78 is 7.62. The van der Waals surface area contributed by atoms with Gasteiger partial charge < -0.3 is 15.4 Å². The van der Waals surface area contributed by atoms with Crippen LogP contribution >= 0.6 is 27.3 Å². The minimum absolute atomic E-state index is 0.273. The monoisotopic (exact) mass is 344 g/mol. The average Bonchev–Trinajstić information content (AvgIpc) is 2.93. The number of hydrogen-bond acceptors (Lipinski definition) is 4. The van der Waals surface area contributed by atoms with Crippen molar-refractivity contribution >= 4 is 39.0 Å². The van der Waals surface area contributed by atoms with Crippen LogP contribution in [0.3, 0.4) is 0 Å².